The Hall–Kier alpha value is -1.35. The van der Waals surface area contributed by atoms with Crippen LogP contribution in [0.4, 0.5) is 0 Å². The molecular formula is C17H27NO2. The number of aliphatic hydroxyl groups is 1. The number of nitrogens with one attached hydrogen (secondary N) is 1. The zero-order chi connectivity index (χ0) is 15.4. The van der Waals surface area contributed by atoms with Crippen molar-refractivity contribution in [2.45, 2.75) is 58.4 Å². The third-order valence-electron chi connectivity index (χ3n) is 4.01. The van der Waals surface area contributed by atoms with E-state index in [9.17, 15) is 9.90 Å². The average Bonchev–Trinajstić information content (AvgIpc) is 2.44. The highest BCUT2D eigenvalue weighted by Gasteiger charge is 2.29. The minimum Gasteiger partial charge on any atom is -0.394 e. The molecule has 3 heteroatoms. The molecule has 1 rings (SSSR count). The number of carbonyl (C=O) groups is 1. The first-order valence-corrected chi connectivity index (χ1v) is 7.32. The van der Waals surface area contributed by atoms with Gasteiger partial charge in [-0.15, -0.1) is 0 Å². The van der Waals surface area contributed by atoms with Crippen molar-refractivity contribution in [3.63, 3.8) is 0 Å². The predicted molar refractivity (Wildman–Crippen MR) is 83.0 cm³/mol. The first kappa shape index (κ1) is 16.7. The largest absolute Gasteiger partial charge is 0.394 e. The summed E-state index contributed by atoms with van der Waals surface area (Å²) in [6.45, 7) is 10.2. The van der Waals surface area contributed by atoms with Gasteiger partial charge in [0.05, 0.1) is 12.1 Å². The number of aliphatic hydroxyl groups excluding tert-OH is 1. The fraction of sp³-hybridized carbons (Fsp3) is 0.588. The third kappa shape index (κ3) is 3.60. The fourth-order valence-corrected chi connectivity index (χ4v) is 2.33. The third-order valence-corrected chi connectivity index (χ3v) is 4.01. The highest BCUT2D eigenvalue weighted by Crippen LogP contribution is 2.26. The van der Waals surface area contributed by atoms with Crippen molar-refractivity contribution >= 4 is 5.91 Å². The van der Waals surface area contributed by atoms with E-state index in [1.54, 1.807) is 0 Å². The van der Waals surface area contributed by atoms with E-state index in [0.29, 0.717) is 18.4 Å². The van der Waals surface area contributed by atoms with Crippen molar-refractivity contribution < 1.29 is 9.90 Å². The lowest BCUT2D eigenvalue weighted by Crippen LogP contribution is -2.50. The molecule has 0 saturated heterocycles. The van der Waals surface area contributed by atoms with Gasteiger partial charge in [0.1, 0.15) is 0 Å². The highest BCUT2D eigenvalue weighted by atomic mass is 16.3. The molecule has 0 bridgehead atoms. The van der Waals surface area contributed by atoms with Gasteiger partial charge in [0.2, 0.25) is 0 Å². The average molecular weight is 277 g/mol. The monoisotopic (exact) mass is 277 g/mol. The smallest absolute Gasteiger partial charge is 0.252 e. The Morgan fingerprint density at radius 2 is 1.70 bits per heavy atom. The molecule has 1 aromatic rings. The lowest BCUT2D eigenvalue weighted by Gasteiger charge is -2.32. The highest BCUT2D eigenvalue weighted by molar-refractivity contribution is 5.96. The molecule has 1 aromatic carbocycles. The van der Waals surface area contributed by atoms with E-state index in [1.165, 1.54) is 0 Å². The Bertz CT molecular complexity index is 448. The van der Waals surface area contributed by atoms with Gasteiger partial charge in [-0.25, -0.2) is 0 Å². The number of carbonyl (C=O) groups excluding carboxylic acids is 1. The Morgan fingerprint density at radius 1 is 1.15 bits per heavy atom. The van der Waals surface area contributed by atoms with Crippen LogP contribution < -0.4 is 5.32 Å². The summed E-state index contributed by atoms with van der Waals surface area (Å²) in [4.78, 5) is 12.6. The maximum absolute atomic E-state index is 12.6. The van der Waals surface area contributed by atoms with Gasteiger partial charge < -0.3 is 10.4 Å². The van der Waals surface area contributed by atoms with E-state index in [4.69, 9.17) is 0 Å². The maximum Gasteiger partial charge on any atom is 0.252 e. The van der Waals surface area contributed by atoms with E-state index in [2.05, 4.69) is 26.1 Å². The van der Waals surface area contributed by atoms with Crippen molar-refractivity contribution in [1.29, 1.82) is 0 Å². The van der Waals surface area contributed by atoms with Crippen LogP contribution in [0.1, 0.15) is 63.4 Å². The Labute approximate surface area is 122 Å². The van der Waals surface area contributed by atoms with Crippen LogP contribution in [0.5, 0.6) is 0 Å². The molecule has 20 heavy (non-hydrogen) atoms. The quantitative estimate of drug-likeness (QED) is 0.868. The van der Waals surface area contributed by atoms with Crippen molar-refractivity contribution in [3.8, 4) is 0 Å². The topological polar surface area (TPSA) is 49.3 Å². The number of rotatable bonds is 5. The minimum atomic E-state index is -0.526. The second-order valence-corrected chi connectivity index (χ2v) is 6.40. The molecule has 2 N–H and O–H groups in total. The molecule has 0 spiro atoms. The Morgan fingerprint density at radius 3 is 2.15 bits per heavy atom. The van der Waals surface area contributed by atoms with Crippen LogP contribution in [0.15, 0.2) is 24.3 Å². The van der Waals surface area contributed by atoms with Crippen molar-refractivity contribution in [2.75, 3.05) is 6.61 Å². The van der Waals surface area contributed by atoms with Crippen LogP contribution in [0.2, 0.25) is 0 Å². The van der Waals surface area contributed by atoms with E-state index < -0.39 is 5.54 Å². The van der Waals surface area contributed by atoms with Gasteiger partial charge in [-0.05, 0) is 29.9 Å². The van der Waals surface area contributed by atoms with Gasteiger partial charge >= 0.3 is 0 Å². The molecule has 0 fully saturated rings. The number of hydrogen-bond donors (Lipinski definition) is 2. The molecule has 0 unspecified atom stereocenters. The zero-order valence-electron chi connectivity index (χ0n) is 13.3. The SMILES string of the molecule is CCC(CC)(CO)NC(=O)c1ccccc1C(C)(C)C. The van der Waals surface area contributed by atoms with Crippen LogP contribution in [0.25, 0.3) is 0 Å². The predicted octanol–water partition coefficient (Wildman–Crippen LogP) is 3.27. The normalized spacial score (nSPS) is 12.3. The van der Waals surface area contributed by atoms with E-state index in [1.807, 2.05) is 38.1 Å². The van der Waals surface area contributed by atoms with Gasteiger partial charge in [-0.2, -0.15) is 0 Å². The molecule has 3 nitrogen and oxygen atoms in total. The molecule has 1 amide bonds. The zero-order valence-corrected chi connectivity index (χ0v) is 13.3. The first-order valence-electron chi connectivity index (χ1n) is 7.32. The van der Waals surface area contributed by atoms with Crippen LogP contribution in [0, 0.1) is 0 Å². The molecule has 0 saturated carbocycles. The van der Waals surface area contributed by atoms with Gasteiger partial charge in [0.25, 0.3) is 5.91 Å². The molecule has 112 valence electrons. The molecule has 0 aromatic heterocycles. The van der Waals surface area contributed by atoms with Crippen molar-refractivity contribution in [1.82, 2.24) is 5.32 Å². The summed E-state index contributed by atoms with van der Waals surface area (Å²) in [5.41, 5.74) is 1.10. The summed E-state index contributed by atoms with van der Waals surface area (Å²) < 4.78 is 0. The van der Waals surface area contributed by atoms with E-state index >= 15 is 0 Å². The number of amides is 1. The van der Waals surface area contributed by atoms with Crippen LogP contribution in [-0.4, -0.2) is 23.2 Å². The lowest BCUT2D eigenvalue weighted by molar-refractivity contribution is 0.0815. The molecule has 0 aliphatic rings. The van der Waals surface area contributed by atoms with Gasteiger partial charge in [-0.1, -0.05) is 52.8 Å². The van der Waals surface area contributed by atoms with Crippen molar-refractivity contribution in [2.24, 2.45) is 0 Å². The molecule has 0 aliphatic carbocycles. The minimum absolute atomic E-state index is 0.0383. The van der Waals surface area contributed by atoms with Crippen LogP contribution in [0.3, 0.4) is 0 Å². The Balaban J connectivity index is 3.11. The van der Waals surface area contributed by atoms with Gasteiger partial charge in [0.15, 0.2) is 0 Å². The van der Waals surface area contributed by atoms with Crippen LogP contribution >= 0.6 is 0 Å². The lowest BCUT2D eigenvalue weighted by atomic mass is 9.83. The second-order valence-electron chi connectivity index (χ2n) is 6.40. The molecule has 0 aliphatic heterocycles. The summed E-state index contributed by atoms with van der Waals surface area (Å²) in [5, 5.41) is 12.6. The summed E-state index contributed by atoms with van der Waals surface area (Å²) in [5.74, 6) is -0.103. The summed E-state index contributed by atoms with van der Waals surface area (Å²) in [7, 11) is 0. The van der Waals surface area contributed by atoms with E-state index in [0.717, 1.165) is 5.56 Å². The summed E-state index contributed by atoms with van der Waals surface area (Å²) in [6.07, 6.45) is 1.42. The first-order chi connectivity index (χ1) is 9.29. The summed E-state index contributed by atoms with van der Waals surface area (Å²) >= 11 is 0. The Kier molecular flexibility index (Phi) is 5.35. The van der Waals surface area contributed by atoms with E-state index in [-0.39, 0.29) is 17.9 Å². The number of hydrogen-bond acceptors (Lipinski definition) is 2. The van der Waals surface area contributed by atoms with Gasteiger partial charge in [-0.3, -0.25) is 4.79 Å². The molecule has 0 atom stereocenters. The van der Waals surface area contributed by atoms with Crippen molar-refractivity contribution in [3.05, 3.63) is 35.4 Å². The number of benzene rings is 1. The maximum atomic E-state index is 12.6. The standard InChI is InChI=1S/C17H27NO2/c1-6-17(7-2,12-19)18-15(20)13-10-8-9-11-14(13)16(3,4)5/h8-11,19H,6-7,12H2,1-5H3,(H,18,20). The van der Waals surface area contributed by atoms with Gasteiger partial charge in [0, 0.05) is 5.56 Å². The molecule has 0 radical (unpaired) electrons. The molecular weight excluding hydrogens is 250 g/mol. The van der Waals surface area contributed by atoms with Crippen LogP contribution in [-0.2, 0) is 5.41 Å². The molecule has 0 heterocycles. The summed E-state index contributed by atoms with van der Waals surface area (Å²) in [6, 6.07) is 7.68. The second kappa shape index (κ2) is 6.40. The fourth-order valence-electron chi connectivity index (χ4n) is 2.33.